The average molecular weight is 490 g/mol. The van der Waals surface area contributed by atoms with Gasteiger partial charge in [-0.3, -0.25) is 9.59 Å². The molecule has 184 valence electrons. The van der Waals surface area contributed by atoms with Crippen LogP contribution in [-0.2, 0) is 4.79 Å². The molecule has 1 aromatic heterocycles. The molecule has 0 fully saturated rings. The molecule has 0 saturated heterocycles. The number of phenolic OH excluding ortho intramolecular Hbond substituents is 2. The van der Waals surface area contributed by atoms with E-state index < -0.39 is 17.3 Å². The molecule has 2 heterocycles. The van der Waals surface area contributed by atoms with Gasteiger partial charge in [0.1, 0.15) is 39.7 Å². The molecular formula is C27H22O9. The lowest BCUT2D eigenvalue weighted by atomic mass is 9.85. The maximum absolute atomic E-state index is 13.1. The zero-order valence-electron chi connectivity index (χ0n) is 19.7. The molecule has 0 amide bonds. The largest absolute Gasteiger partial charge is 0.507 e. The van der Waals surface area contributed by atoms with Gasteiger partial charge >= 0.3 is 5.97 Å². The van der Waals surface area contributed by atoms with Crippen LogP contribution in [0.15, 0.2) is 57.7 Å². The molecule has 9 heteroatoms. The van der Waals surface area contributed by atoms with Gasteiger partial charge in [0.2, 0.25) is 0 Å². The van der Waals surface area contributed by atoms with Crippen LogP contribution in [0.1, 0.15) is 23.5 Å². The van der Waals surface area contributed by atoms with Crippen LogP contribution in [0.25, 0.3) is 22.3 Å². The van der Waals surface area contributed by atoms with Crippen molar-refractivity contribution in [3.8, 4) is 45.8 Å². The Morgan fingerprint density at radius 3 is 2.22 bits per heavy atom. The van der Waals surface area contributed by atoms with Crippen LogP contribution in [-0.4, -0.2) is 37.5 Å². The molecule has 0 radical (unpaired) electrons. The molecule has 1 aliphatic rings. The van der Waals surface area contributed by atoms with E-state index in [4.69, 9.17) is 23.4 Å². The number of carbonyl (C=O) groups is 1. The number of hydrogen-bond donors (Lipinski definition) is 2. The highest BCUT2D eigenvalue weighted by Gasteiger charge is 2.34. The van der Waals surface area contributed by atoms with Crippen LogP contribution in [0.2, 0.25) is 0 Å². The number of carbonyl (C=O) groups excluding carboxylic acids is 1. The summed E-state index contributed by atoms with van der Waals surface area (Å²) in [5.74, 6) is -0.0756. The average Bonchev–Trinajstić information content (AvgIpc) is 2.87. The van der Waals surface area contributed by atoms with Gasteiger partial charge in [0.15, 0.2) is 16.9 Å². The summed E-state index contributed by atoms with van der Waals surface area (Å²) in [7, 11) is 4.46. The van der Waals surface area contributed by atoms with Crippen molar-refractivity contribution in [2.75, 3.05) is 21.3 Å². The number of fused-ring (bicyclic) bond motifs is 3. The Hall–Kier alpha value is -4.66. The topological polar surface area (TPSA) is 125 Å². The third-order valence-electron chi connectivity index (χ3n) is 6.16. The van der Waals surface area contributed by atoms with Gasteiger partial charge in [-0.15, -0.1) is 0 Å². The van der Waals surface area contributed by atoms with Gasteiger partial charge in [0, 0.05) is 35.2 Å². The molecule has 4 aromatic rings. The Bertz CT molecular complexity index is 1550. The fourth-order valence-electron chi connectivity index (χ4n) is 4.46. The smallest absolute Gasteiger partial charge is 0.312 e. The summed E-state index contributed by atoms with van der Waals surface area (Å²) in [5, 5.41) is 20.8. The molecule has 36 heavy (non-hydrogen) atoms. The second-order valence-electron chi connectivity index (χ2n) is 8.25. The number of hydrogen-bond acceptors (Lipinski definition) is 9. The maximum Gasteiger partial charge on any atom is 0.312 e. The molecular weight excluding hydrogens is 468 g/mol. The highest BCUT2D eigenvalue weighted by atomic mass is 16.5. The normalized spacial score (nSPS) is 14.8. The number of phenols is 2. The van der Waals surface area contributed by atoms with Crippen molar-refractivity contribution in [3.63, 3.8) is 0 Å². The molecule has 1 aliphatic heterocycles. The highest BCUT2D eigenvalue weighted by molar-refractivity contribution is 5.93. The summed E-state index contributed by atoms with van der Waals surface area (Å²) in [5.41, 5.74) is 1.08. The quantitative estimate of drug-likeness (QED) is 0.310. The monoisotopic (exact) mass is 490 g/mol. The van der Waals surface area contributed by atoms with E-state index in [9.17, 15) is 19.8 Å². The Morgan fingerprint density at radius 1 is 0.861 bits per heavy atom. The minimum atomic E-state index is -0.587. The van der Waals surface area contributed by atoms with Crippen molar-refractivity contribution in [1.82, 2.24) is 0 Å². The molecule has 5 rings (SSSR count). The van der Waals surface area contributed by atoms with Gasteiger partial charge in [0.05, 0.1) is 27.8 Å². The molecule has 1 atom stereocenters. The van der Waals surface area contributed by atoms with E-state index in [1.54, 1.807) is 30.3 Å². The Balaban J connectivity index is 1.79. The van der Waals surface area contributed by atoms with E-state index in [2.05, 4.69) is 0 Å². The lowest BCUT2D eigenvalue weighted by Crippen LogP contribution is -2.22. The van der Waals surface area contributed by atoms with Gasteiger partial charge in [-0.25, -0.2) is 0 Å². The first kappa shape index (κ1) is 23.1. The summed E-state index contributed by atoms with van der Waals surface area (Å²) < 4.78 is 27.5. The van der Waals surface area contributed by atoms with E-state index in [1.807, 2.05) is 0 Å². The molecule has 0 saturated carbocycles. The van der Waals surface area contributed by atoms with Crippen LogP contribution >= 0.6 is 0 Å². The summed E-state index contributed by atoms with van der Waals surface area (Å²) in [6, 6.07) is 12.3. The predicted octanol–water partition coefficient (Wildman–Crippen LogP) is 4.34. The van der Waals surface area contributed by atoms with Gasteiger partial charge in [-0.1, -0.05) is 0 Å². The van der Waals surface area contributed by atoms with E-state index >= 15 is 0 Å². The summed E-state index contributed by atoms with van der Waals surface area (Å²) in [6.07, 6.45) is -0.0412. The molecule has 3 aromatic carbocycles. The van der Waals surface area contributed by atoms with Crippen molar-refractivity contribution in [1.29, 1.82) is 0 Å². The predicted molar refractivity (Wildman–Crippen MR) is 129 cm³/mol. The molecule has 9 nitrogen and oxygen atoms in total. The van der Waals surface area contributed by atoms with Gasteiger partial charge in [0.25, 0.3) is 0 Å². The van der Waals surface area contributed by atoms with Crippen LogP contribution < -0.4 is 24.4 Å². The summed E-state index contributed by atoms with van der Waals surface area (Å²) in [4.78, 5) is 25.7. The molecule has 0 spiro atoms. The first-order valence-corrected chi connectivity index (χ1v) is 11.0. The number of methoxy groups -OCH3 is 3. The van der Waals surface area contributed by atoms with E-state index in [-0.39, 0.29) is 46.1 Å². The van der Waals surface area contributed by atoms with E-state index in [0.29, 0.717) is 28.2 Å². The summed E-state index contributed by atoms with van der Waals surface area (Å²) >= 11 is 0. The maximum atomic E-state index is 13.1. The van der Waals surface area contributed by atoms with Crippen LogP contribution in [0, 0.1) is 0 Å². The van der Waals surface area contributed by atoms with Gasteiger partial charge in [-0.2, -0.15) is 0 Å². The zero-order valence-corrected chi connectivity index (χ0v) is 19.7. The van der Waals surface area contributed by atoms with E-state index in [1.165, 1.54) is 39.5 Å². The lowest BCUT2D eigenvalue weighted by molar-refractivity contribution is -0.135. The fourth-order valence-corrected chi connectivity index (χ4v) is 4.46. The zero-order chi connectivity index (χ0) is 25.6. The van der Waals surface area contributed by atoms with Crippen molar-refractivity contribution >= 4 is 16.9 Å². The van der Waals surface area contributed by atoms with Gasteiger partial charge in [-0.05, 0) is 35.9 Å². The van der Waals surface area contributed by atoms with Crippen molar-refractivity contribution in [2.45, 2.75) is 12.3 Å². The number of rotatable bonds is 5. The van der Waals surface area contributed by atoms with Gasteiger partial charge < -0.3 is 33.6 Å². The van der Waals surface area contributed by atoms with E-state index in [0.717, 1.165) is 0 Å². The molecule has 0 aliphatic carbocycles. The van der Waals surface area contributed by atoms with Crippen molar-refractivity contribution in [2.24, 2.45) is 0 Å². The van der Waals surface area contributed by atoms with Crippen LogP contribution in [0.3, 0.4) is 0 Å². The standard InChI is InChI=1S/C27H22O9/c1-32-15-6-14(7-16(9-15)33-2)17-10-24(31)35-23-12-20(30)26-19(29)11-22(36-27(26)25(17)23)13-4-5-21(34-3)18(28)8-13/h4-9,11-12,17,28,30H,10H2,1-3H3. The Kier molecular flexibility index (Phi) is 5.68. The second kappa shape index (κ2) is 8.84. The third-order valence-corrected chi connectivity index (χ3v) is 6.16. The Morgan fingerprint density at radius 2 is 1.58 bits per heavy atom. The second-order valence-corrected chi connectivity index (χ2v) is 8.25. The lowest BCUT2D eigenvalue weighted by Gasteiger charge is -2.26. The number of ether oxygens (including phenoxy) is 4. The van der Waals surface area contributed by atoms with Crippen LogP contribution in [0.5, 0.6) is 34.5 Å². The minimum absolute atomic E-state index is 0.0412. The van der Waals surface area contributed by atoms with Crippen molar-refractivity contribution < 1.29 is 38.4 Å². The first-order chi connectivity index (χ1) is 17.3. The van der Waals surface area contributed by atoms with Crippen molar-refractivity contribution in [3.05, 3.63) is 69.9 Å². The molecule has 1 unspecified atom stereocenters. The minimum Gasteiger partial charge on any atom is -0.507 e. The first-order valence-electron chi connectivity index (χ1n) is 11.0. The fraction of sp³-hybridized carbons (Fsp3) is 0.185. The Labute approximate surface area is 205 Å². The number of aromatic hydroxyl groups is 2. The molecule has 2 N–H and O–H groups in total. The third kappa shape index (κ3) is 3.84. The highest BCUT2D eigenvalue weighted by Crippen LogP contribution is 2.47. The SMILES string of the molecule is COc1cc(OC)cc(C2CC(=O)Oc3cc(O)c4c(=O)cc(-c5ccc(OC)c(O)c5)oc4c32)c1. The summed E-state index contributed by atoms with van der Waals surface area (Å²) in [6.45, 7) is 0. The van der Waals surface area contributed by atoms with Crippen LogP contribution in [0.4, 0.5) is 0 Å². The molecule has 0 bridgehead atoms. The number of esters is 1. The number of benzene rings is 3.